The molecule has 1 aromatic carbocycles. The third-order valence-corrected chi connectivity index (χ3v) is 5.79. The molecule has 6 nitrogen and oxygen atoms in total. The van der Waals surface area contributed by atoms with Crippen LogP contribution in [-0.2, 0) is 19.8 Å². The number of rotatable bonds is 5. The molecule has 0 aliphatic carbocycles. The molecule has 1 aliphatic heterocycles. The van der Waals surface area contributed by atoms with Gasteiger partial charge in [0.2, 0.25) is 0 Å². The average Bonchev–Trinajstić information content (AvgIpc) is 2.94. The maximum atomic E-state index is 12.4. The number of primary amides is 1. The van der Waals surface area contributed by atoms with Crippen LogP contribution in [0.25, 0.3) is 0 Å². The van der Waals surface area contributed by atoms with Gasteiger partial charge >= 0.3 is 127 Å². The second-order valence-electron chi connectivity index (χ2n) is 4.22. The number of carbonyl (C=O) groups is 2. The van der Waals surface area contributed by atoms with E-state index in [1.165, 1.54) is 3.05 Å². The standard InChI is InChI=1S/C13H13N2O4.In/c1-2-8-15-19-12(18)13(9-16,11(14)17)10-6-4-3-5-7-10;/h1-8,16H,9H2,(H2,14,17);/q-1;+1. The van der Waals surface area contributed by atoms with E-state index in [2.05, 4.69) is 0 Å². The molecule has 1 amide bonds. The second kappa shape index (κ2) is 6.23. The van der Waals surface area contributed by atoms with Crippen molar-refractivity contribution in [3.05, 3.63) is 48.2 Å². The summed E-state index contributed by atoms with van der Waals surface area (Å²) in [6.45, 7) is -0.736. The third kappa shape index (κ3) is 2.64. The van der Waals surface area contributed by atoms with E-state index in [1.807, 2.05) is 3.76 Å². The number of allylic oxidation sites excluding steroid dienone is 1. The van der Waals surface area contributed by atoms with Crippen LogP contribution >= 0.6 is 0 Å². The van der Waals surface area contributed by atoms with Crippen molar-refractivity contribution in [2.75, 3.05) is 6.61 Å². The minimum atomic E-state index is -1.87. The first kappa shape index (κ1) is 14.8. The summed E-state index contributed by atoms with van der Waals surface area (Å²) in [6.07, 6.45) is 3.43. The summed E-state index contributed by atoms with van der Waals surface area (Å²) >= 11 is -1.29. The zero-order chi connectivity index (χ0) is 14.6. The molecule has 0 bridgehead atoms. The molecule has 0 saturated heterocycles. The Balaban J connectivity index is 2.36. The van der Waals surface area contributed by atoms with Gasteiger partial charge in [0.25, 0.3) is 0 Å². The molecule has 1 unspecified atom stereocenters. The number of nitrogens with two attached hydrogens (primary N) is 1. The average molecular weight is 376 g/mol. The van der Waals surface area contributed by atoms with Gasteiger partial charge in [-0.2, -0.15) is 0 Å². The quantitative estimate of drug-likeness (QED) is 0.651. The summed E-state index contributed by atoms with van der Waals surface area (Å²) < 4.78 is 3.42. The van der Waals surface area contributed by atoms with Crippen LogP contribution in [-0.4, -0.2) is 53.1 Å². The maximum absolute atomic E-state index is 12.4. The Morgan fingerprint density at radius 1 is 1.35 bits per heavy atom. The van der Waals surface area contributed by atoms with Gasteiger partial charge in [0.05, 0.1) is 0 Å². The van der Waals surface area contributed by atoms with Crippen LogP contribution in [0.2, 0.25) is 0 Å². The van der Waals surface area contributed by atoms with Gasteiger partial charge in [-0.3, -0.25) is 0 Å². The van der Waals surface area contributed by atoms with Crippen molar-refractivity contribution in [2.45, 2.75) is 5.41 Å². The molecule has 0 saturated carbocycles. The van der Waals surface area contributed by atoms with E-state index in [-0.39, 0.29) is 0 Å². The van der Waals surface area contributed by atoms with Gasteiger partial charge in [-0.05, 0) is 0 Å². The molecule has 1 aliphatic rings. The van der Waals surface area contributed by atoms with E-state index >= 15 is 0 Å². The molecule has 7 heteroatoms. The van der Waals surface area contributed by atoms with Gasteiger partial charge in [0.15, 0.2) is 0 Å². The number of benzene rings is 1. The van der Waals surface area contributed by atoms with Gasteiger partial charge < -0.3 is 0 Å². The fourth-order valence-corrected chi connectivity index (χ4v) is 3.94. The molecule has 1 atom stereocenters. The minimum absolute atomic E-state index is 0.319. The number of hydrogen-bond donors (Lipinski definition) is 2. The molecule has 0 radical (unpaired) electrons. The Kier molecular flexibility index (Phi) is 4.61. The third-order valence-electron chi connectivity index (χ3n) is 3.04. The van der Waals surface area contributed by atoms with Crippen LogP contribution < -0.4 is 5.73 Å². The summed E-state index contributed by atoms with van der Waals surface area (Å²) in [7, 11) is 0. The zero-order valence-corrected chi connectivity index (χ0v) is 13.9. The number of aliphatic hydroxyl groups excluding tert-OH is 1. The van der Waals surface area contributed by atoms with Crippen LogP contribution in [0.1, 0.15) is 5.56 Å². The van der Waals surface area contributed by atoms with E-state index in [9.17, 15) is 14.7 Å². The fourth-order valence-electron chi connectivity index (χ4n) is 1.87. The number of amides is 1. The van der Waals surface area contributed by atoms with Gasteiger partial charge in [0.1, 0.15) is 0 Å². The van der Waals surface area contributed by atoms with Crippen molar-refractivity contribution in [3.8, 4) is 0 Å². The molecule has 0 fully saturated rings. The fraction of sp³-hybridized carbons (Fsp3) is 0.154. The van der Waals surface area contributed by atoms with E-state index in [4.69, 9.17) is 10.6 Å². The summed E-state index contributed by atoms with van der Waals surface area (Å²) in [4.78, 5) is 29.3. The van der Waals surface area contributed by atoms with Gasteiger partial charge in [0, 0.05) is 0 Å². The Morgan fingerprint density at radius 2 is 2.05 bits per heavy atom. The first-order valence-corrected chi connectivity index (χ1v) is 9.31. The van der Waals surface area contributed by atoms with Gasteiger partial charge in [-0.1, -0.05) is 0 Å². The summed E-state index contributed by atoms with van der Waals surface area (Å²) in [5.74, 6) is -1.79. The molecular weight excluding hydrogens is 363 g/mol. The monoisotopic (exact) mass is 376 g/mol. The van der Waals surface area contributed by atoms with Crippen LogP contribution in [0.3, 0.4) is 0 Å². The molecular formula is C13H13InN2O4. The first-order valence-electron chi connectivity index (χ1n) is 5.93. The number of hydroxylamine groups is 1. The van der Waals surface area contributed by atoms with Gasteiger partial charge in [-0.15, -0.1) is 0 Å². The van der Waals surface area contributed by atoms with E-state index in [1.54, 1.807) is 42.6 Å². The van der Waals surface area contributed by atoms with Crippen molar-refractivity contribution in [3.63, 3.8) is 0 Å². The Labute approximate surface area is 127 Å². The van der Waals surface area contributed by atoms with Crippen LogP contribution in [0.5, 0.6) is 0 Å². The number of aliphatic hydroxyl groups is 1. The summed E-state index contributed by atoms with van der Waals surface area (Å²) in [6, 6.07) is 8.20. The van der Waals surface area contributed by atoms with E-state index in [0.717, 1.165) is 0 Å². The van der Waals surface area contributed by atoms with Crippen LogP contribution in [0, 0.1) is 0 Å². The zero-order valence-electron chi connectivity index (χ0n) is 10.6. The molecule has 0 spiro atoms. The number of hydrogen-bond acceptors (Lipinski definition) is 5. The Bertz CT molecular complexity index is 561. The predicted molar refractivity (Wildman–Crippen MR) is 73.3 cm³/mol. The normalized spacial score (nSPS) is 15.6. The molecule has 1 aromatic rings. The van der Waals surface area contributed by atoms with Crippen molar-refractivity contribution >= 4 is 38.3 Å². The summed E-state index contributed by atoms with van der Waals surface area (Å²) in [5.41, 5.74) is 3.81. The molecule has 0 aromatic heterocycles. The molecule has 102 valence electrons. The number of nitrogens with zero attached hydrogens (tertiary/aromatic N) is 1. The van der Waals surface area contributed by atoms with Gasteiger partial charge in [-0.25, -0.2) is 0 Å². The Hall–Kier alpha value is -1.60. The van der Waals surface area contributed by atoms with Crippen molar-refractivity contribution in [1.82, 2.24) is 3.05 Å². The molecule has 1 heterocycles. The van der Waals surface area contributed by atoms with Crippen molar-refractivity contribution < 1.29 is 19.5 Å². The second-order valence-corrected chi connectivity index (χ2v) is 7.62. The van der Waals surface area contributed by atoms with Crippen LogP contribution in [0.15, 0.2) is 42.6 Å². The molecule has 20 heavy (non-hydrogen) atoms. The number of carbonyl (C=O) groups excluding carboxylic acids is 2. The van der Waals surface area contributed by atoms with E-state index in [0.29, 0.717) is 5.56 Å². The molecule has 2 rings (SSSR count). The molecule has 3 N–H and O–H groups in total. The van der Waals surface area contributed by atoms with Crippen molar-refractivity contribution in [1.29, 1.82) is 0 Å². The first-order chi connectivity index (χ1) is 9.61. The SMILES string of the molecule is NC(=O)C(CO)(C(=O)O[N]1C=C[CH]=[In]1)c1ccccc1. The summed E-state index contributed by atoms with van der Waals surface area (Å²) in [5, 5.41) is 9.61. The Morgan fingerprint density at radius 3 is 2.55 bits per heavy atom. The topological polar surface area (TPSA) is 92.9 Å². The van der Waals surface area contributed by atoms with Crippen LogP contribution in [0.4, 0.5) is 0 Å². The van der Waals surface area contributed by atoms with E-state index < -0.39 is 46.6 Å². The predicted octanol–water partition coefficient (Wildman–Crippen LogP) is -0.889. The van der Waals surface area contributed by atoms with Crippen molar-refractivity contribution in [2.24, 2.45) is 5.73 Å².